The van der Waals surface area contributed by atoms with E-state index in [0.717, 1.165) is 11.4 Å². The van der Waals surface area contributed by atoms with Crippen LogP contribution < -0.4 is 4.90 Å². The van der Waals surface area contributed by atoms with Gasteiger partial charge in [-0.2, -0.15) is 0 Å². The highest BCUT2D eigenvalue weighted by Gasteiger charge is 2.18. The normalized spacial score (nSPS) is 11.5. The van der Waals surface area contributed by atoms with Gasteiger partial charge in [0, 0.05) is 36.9 Å². The lowest BCUT2D eigenvalue weighted by Crippen LogP contribution is -2.11. The third-order valence-electron chi connectivity index (χ3n) is 8.03. The molecule has 194 valence electrons. The largest absolute Gasteiger partial charge is 0.310 e. The first-order chi connectivity index (χ1) is 20.2. The highest BCUT2D eigenvalue weighted by Crippen LogP contribution is 2.43. The van der Waals surface area contributed by atoms with Crippen molar-refractivity contribution in [1.82, 2.24) is 0 Å². The molecule has 0 fully saturated rings. The van der Waals surface area contributed by atoms with E-state index in [9.17, 15) is 0 Å². The number of rotatable bonds is 4. The van der Waals surface area contributed by atoms with E-state index in [2.05, 4.69) is 157 Å². The van der Waals surface area contributed by atoms with Crippen LogP contribution in [0.5, 0.6) is 0 Å². The van der Waals surface area contributed by atoms with Crippen molar-refractivity contribution in [2.75, 3.05) is 4.90 Å². The smallest absolute Gasteiger partial charge is 0.0546 e. The van der Waals surface area contributed by atoms with E-state index in [4.69, 9.17) is 0 Å². The van der Waals surface area contributed by atoms with Crippen LogP contribution in [-0.2, 0) is 0 Å². The Morgan fingerprint density at radius 3 is 1.98 bits per heavy atom. The molecule has 8 rings (SSSR count). The molecule has 0 amide bonds. The number of hydrogen-bond donors (Lipinski definition) is 0. The van der Waals surface area contributed by atoms with Crippen LogP contribution in [0.25, 0.3) is 52.8 Å². The minimum Gasteiger partial charge on any atom is -0.310 e. The molecule has 1 aromatic heterocycles. The summed E-state index contributed by atoms with van der Waals surface area (Å²) in [4.78, 5) is 2.42. The van der Waals surface area contributed by atoms with Crippen molar-refractivity contribution in [2.45, 2.75) is 6.92 Å². The zero-order chi connectivity index (χ0) is 27.3. The average molecular weight is 542 g/mol. The van der Waals surface area contributed by atoms with Crippen molar-refractivity contribution in [3.63, 3.8) is 0 Å². The van der Waals surface area contributed by atoms with Crippen molar-refractivity contribution in [1.29, 1.82) is 0 Å². The van der Waals surface area contributed by atoms with Crippen molar-refractivity contribution in [3.8, 4) is 11.1 Å². The summed E-state index contributed by atoms with van der Waals surface area (Å²) < 4.78 is 2.66. The zero-order valence-corrected chi connectivity index (χ0v) is 23.5. The fraction of sp³-hybridized carbons (Fsp3) is 0.0256. The number of nitrogens with zero attached hydrogens (tertiary/aromatic N) is 1. The van der Waals surface area contributed by atoms with Crippen LogP contribution in [0.4, 0.5) is 17.1 Å². The van der Waals surface area contributed by atoms with E-state index in [1.54, 1.807) is 0 Å². The summed E-state index contributed by atoms with van der Waals surface area (Å²) in [6.07, 6.45) is 0. The number of thiophene rings is 1. The molecule has 0 aliphatic carbocycles. The first-order valence-corrected chi connectivity index (χ1v) is 14.8. The summed E-state index contributed by atoms with van der Waals surface area (Å²) in [6, 6.07) is 53.1. The quantitative estimate of drug-likeness (QED) is 0.200. The van der Waals surface area contributed by atoms with Crippen molar-refractivity contribution < 1.29 is 0 Å². The first-order valence-electron chi connectivity index (χ1n) is 14.0. The molecule has 0 N–H and O–H groups in total. The maximum absolute atomic E-state index is 2.42. The number of hydrogen-bond acceptors (Lipinski definition) is 2. The summed E-state index contributed by atoms with van der Waals surface area (Å²) in [7, 11) is 0. The molecule has 0 unspecified atom stereocenters. The van der Waals surface area contributed by atoms with Gasteiger partial charge in [0.15, 0.2) is 0 Å². The highest BCUT2D eigenvalue weighted by atomic mass is 32.1. The minimum atomic E-state index is 1.14. The van der Waals surface area contributed by atoms with Crippen LogP contribution in [0.2, 0.25) is 0 Å². The lowest BCUT2D eigenvalue weighted by Gasteiger charge is -2.28. The second kappa shape index (κ2) is 9.62. The molecular weight excluding hydrogens is 515 g/mol. The predicted octanol–water partition coefficient (Wildman–Crippen LogP) is 11.8. The van der Waals surface area contributed by atoms with Crippen molar-refractivity contribution in [3.05, 3.63) is 151 Å². The van der Waals surface area contributed by atoms with Crippen LogP contribution in [0, 0.1) is 6.92 Å². The Kier molecular flexibility index (Phi) is 5.61. The fourth-order valence-electron chi connectivity index (χ4n) is 6.19. The van der Waals surface area contributed by atoms with E-state index >= 15 is 0 Å². The van der Waals surface area contributed by atoms with E-state index < -0.39 is 0 Å². The monoisotopic (exact) mass is 541 g/mol. The third kappa shape index (κ3) is 4.07. The van der Waals surface area contributed by atoms with Gasteiger partial charge in [-0.3, -0.25) is 0 Å². The number of fused-ring (bicyclic) bond motifs is 6. The van der Waals surface area contributed by atoms with Gasteiger partial charge in [-0.25, -0.2) is 0 Å². The summed E-state index contributed by atoms with van der Waals surface area (Å²) in [6.45, 7) is 2.20. The Balaban J connectivity index is 1.36. The Labute approximate surface area is 243 Å². The van der Waals surface area contributed by atoms with E-state index in [-0.39, 0.29) is 0 Å². The molecule has 0 saturated carbocycles. The molecule has 0 aliphatic rings. The topological polar surface area (TPSA) is 3.24 Å². The number of para-hydroxylation sites is 1. The Bertz CT molecular complexity index is 2230. The number of anilines is 3. The molecule has 7 aromatic carbocycles. The van der Waals surface area contributed by atoms with Crippen LogP contribution >= 0.6 is 11.3 Å². The third-order valence-corrected chi connectivity index (χ3v) is 9.17. The van der Waals surface area contributed by atoms with Gasteiger partial charge in [-0.15, -0.1) is 11.3 Å². The van der Waals surface area contributed by atoms with E-state index in [1.807, 2.05) is 11.3 Å². The highest BCUT2D eigenvalue weighted by molar-refractivity contribution is 7.25. The number of benzene rings is 7. The second-order valence-corrected chi connectivity index (χ2v) is 11.8. The zero-order valence-electron chi connectivity index (χ0n) is 22.7. The van der Waals surface area contributed by atoms with E-state index in [1.165, 1.54) is 64.1 Å². The Morgan fingerprint density at radius 2 is 1.12 bits per heavy atom. The molecular formula is C39H27NS. The standard InChI is InChI=1S/C39H27NS/c1-26-21-29(27-19-20-36-35-17-9-10-18-38(35)41-39(36)25-27)23-31(22-26)40(30-12-3-2-4-13-30)37-24-28-11-5-6-14-32(28)33-15-7-8-16-34(33)37/h2-25H,1H3. The van der Waals surface area contributed by atoms with Crippen LogP contribution in [0.3, 0.4) is 0 Å². The lowest BCUT2D eigenvalue weighted by atomic mass is 9.97. The summed E-state index contributed by atoms with van der Waals surface area (Å²) in [5, 5.41) is 7.69. The van der Waals surface area contributed by atoms with Gasteiger partial charge in [-0.1, -0.05) is 103 Å². The Morgan fingerprint density at radius 1 is 0.439 bits per heavy atom. The summed E-state index contributed by atoms with van der Waals surface area (Å²) in [5.41, 5.74) is 7.19. The van der Waals surface area contributed by atoms with Gasteiger partial charge in [0.25, 0.3) is 0 Å². The summed E-state index contributed by atoms with van der Waals surface area (Å²) in [5.74, 6) is 0. The van der Waals surface area contributed by atoms with Gasteiger partial charge >= 0.3 is 0 Å². The van der Waals surface area contributed by atoms with Crippen LogP contribution in [0.15, 0.2) is 146 Å². The SMILES string of the molecule is Cc1cc(-c2ccc3c(c2)sc2ccccc23)cc(N(c2ccccc2)c2cc3ccccc3c3ccccc23)c1. The van der Waals surface area contributed by atoms with Gasteiger partial charge < -0.3 is 4.90 Å². The molecule has 2 heteroatoms. The molecule has 0 spiro atoms. The molecule has 1 nitrogen and oxygen atoms in total. The van der Waals surface area contributed by atoms with Crippen molar-refractivity contribution >= 4 is 70.1 Å². The molecule has 41 heavy (non-hydrogen) atoms. The average Bonchev–Trinajstić information content (AvgIpc) is 3.39. The maximum atomic E-state index is 2.42. The predicted molar refractivity (Wildman–Crippen MR) is 179 cm³/mol. The molecule has 8 aromatic rings. The summed E-state index contributed by atoms with van der Waals surface area (Å²) >= 11 is 1.87. The van der Waals surface area contributed by atoms with Gasteiger partial charge in [0.05, 0.1) is 5.69 Å². The maximum Gasteiger partial charge on any atom is 0.0546 e. The molecule has 0 saturated heterocycles. The molecule has 0 atom stereocenters. The minimum absolute atomic E-state index is 1.14. The first kappa shape index (κ1) is 23.9. The van der Waals surface area contributed by atoms with Crippen LogP contribution in [0.1, 0.15) is 5.56 Å². The van der Waals surface area contributed by atoms with Crippen molar-refractivity contribution in [2.24, 2.45) is 0 Å². The Hall–Kier alpha value is -4.92. The molecule has 0 radical (unpaired) electrons. The van der Waals surface area contributed by atoms with Gasteiger partial charge in [-0.05, 0) is 82.2 Å². The second-order valence-electron chi connectivity index (χ2n) is 10.7. The molecule has 1 heterocycles. The molecule has 0 bridgehead atoms. The number of aryl methyl sites for hydroxylation is 1. The fourth-order valence-corrected chi connectivity index (χ4v) is 7.33. The van der Waals surface area contributed by atoms with Gasteiger partial charge in [0.2, 0.25) is 0 Å². The van der Waals surface area contributed by atoms with Crippen LogP contribution in [-0.4, -0.2) is 0 Å². The molecule has 0 aliphatic heterocycles. The van der Waals surface area contributed by atoms with Gasteiger partial charge in [0.1, 0.15) is 0 Å². The lowest BCUT2D eigenvalue weighted by molar-refractivity contribution is 1.29. The van der Waals surface area contributed by atoms with E-state index in [0.29, 0.717) is 0 Å².